The van der Waals surface area contributed by atoms with Gasteiger partial charge in [0.2, 0.25) is 0 Å². The van der Waals surface area contributed by atoms with Crippen LogP contribution in [0.4, 0.5) is 5.00 Å². The minimum atomic E-state index is 0.0249. The van der Waals surface area contributed by atoms with Crippen LogP contribution in [0.25, 0.3) is 0 Å². The minimum Gasteiger partial charge on any atom is -0.390 e. The van der Waals surface area contributed by atoms with Gasteiger partial charge >= 0.3 is 0 Å². The van der Waals surface area contributed by atoms with Gasteiger partial charge in [0.05, 0.1) is 23.8 Å². The Bertz CT molecular complexity index is 628. The fraction of sp³-hybridized carbons (Fsp3) is 0.267. The number of thiophene rings is 1. The number of nitrogen functional groups attached to an aromatic ring is 1. The van der Waals surface area contributed by atoms with E-state index in [-0.39, 0.29) is 5.78 Å². The third kappa shape index (κ3) is 2.17. The molecule has 0 saturated carbocycles. The van der Waals surface area contributed by atoms with Crippen LogP contribution in [0.2, 0.25) is 0 Å². The number of ether oxygens (including phenoxy) is 1. The van der Waals surface area contributed by atoms with Gasteiger partial charge in [0.15, 0.2) is 5.78 Å². The van der Waals surface area contributed by atoms with E-state index in [1.165, 1.54) is 11.3 Å². The van der Waals surface area contributed by atoms with E-state index in [0.29, 0.717) is 29.3 Å². The van der Waals surface area contributed by atoms with Gasteiger partial charge in [0.25, 0.3) is 0 Å². The fourth-order valence-corrected chi connectivity index (χ4v) is 3.40. The van der Waals surface area contributed by atoms with E-state index in [0.717, 1.165) is 22.4 Å². The molecular formula is C15H15NO2S. The number of rotatable bonds is 2. The number of fused-ring (bicyclic) bond motifs is 1. The topological polar surface area (TPSA) is 52.3 Å². The van der Waals surface area contributed by atoms with Crippen molar-refractivity contribution in [1.29, 1.82) is 0 Å². The molecule has 1 aromatic heterocycles. The van der Waals surface area contributed by atoms with Gasteiger partial charge in [-0.3, -0.25) is 4.79 Å². The van der Waals surface area contributed by atoms with Crippen molar-refractivity contribution < 1.29 is 9.53 Å². The molecule has 3 rings (SSSR count). The Morgan fingerprint density at radius 2 is 2.05 bits per heavy atom. The Kier molecular flexibility index (Phi) is 3.12. The van der Waals surface area contributed by atoms with Crippen LogP contribution in [-0.4, -0.2) is 12.4 Å². The second-order valence-corrected chi connectivity index (χ2v) is 5.88. The van der Waals surface area contributed by atoms with Crippen LogP contribution in [0, 0.1) is 6.92 Å². The summed E-state index contributed by atoms with van der Waals surface area (Å²) in [4.78, 5) is 13.7. The van der Waals surface area contributed by atoms with Crippen LogP contribution in [0.15, 0.2) is 24.3 Å². The van der Waals surface area contributed by atoms with E-state index in [4.69, 9.17) is 10.5 Å². The number of anilines is 1. The van der Waals surface area contributed by atoms with E-state index in [1.807, 2.05) is 31.2 Å². The summed E-state index contributed by atoms with van der Waals surface area (Å²) in [6.07, 6.45) is 0.774. The summed E-state index contributed by atoms with van der Waals surface area (Å²) in [6, 6.07) is 7.62. The Balaban J connectivity index is 2.04. The van der Waals surface area contributed by atoms with Crippen LogP contribution in [0.5, 0.6) is 0 Å². The molecule has 0 unspecified atom stereocenters. The van der Waals surface area contributed by atoms with Gasteiger partial charge in [-0.1, -0.05) is 29.8 Å². The van der Waals surface area contributed by atoms with E-state index >= 15 is 0 Å². The van der Waals surface area contributed by atoms with Crippen LogP contribution in [-0.2, 0) is 17.8 Å². The number of ketones is 1. The normalized spacial score (nSPS) is 14.2. The average Bonchev–Trinajstić information content (AvgIpc) is 2.74. The van der Waals surface area contributed by atoms with Crippen molar-refractivity contribution in [1.82, 2.24) is 0 Å². The van der Waals surface area contributed by atoms with Gasteiger partial charge in [-0.25, -0.2) is 0 Å². The predicted molar refractivity (Wildman–Crippen MR) is 76.7 cm³/mol. The van der Waals surface area contributed by atoms with Crippen LogP contribution in [0.3, 0.4) is 0 Å². The van der Waals surface area contributed by atoms with Gasteiger partial charge in [0.1, 0.15) is 0 Å². The molecule has 2 aromatic rings. The standard InChI is InChI=1S/C15H15NO2S/c1-9-2-4-10(5-3-9)14(17)13-11-6-7-18-8-12(11)19-15(13)16/h2-5H,6-8,16H2,1H3. The Morgan fingerprint density at radius 3 is 2.79 bits per heavy atom. The number of benzene rings is 1. The predicted octanol–water partition coefficient (Wildman–Crippen LogP) is 2.94. The lowest BCUT2D eigenvalue weighted by Gasteiger charge is -2.13. The molecule has 0 bridgehead atoms. The first-order chi connectivity index (χ1) is 9.16. The molecule has 19 heavy (non-hydrogen) atoms. The highest BCUT2D eigenvalue weighted by atomic mass is 32.1. The van der Waals surface area contributed by atoms with E-state index < -0.39 is 0 Å². The van der Waals surface area contributed by atoms with Crippen molar-refractivity contribution in [3.8, 4) is 0 Å². The molecule has 3 nitrogen and oxygen atoms in total. The van der Waals surface area contributed by atoms with Gasteiger partial charge in [-0.2, -0.15) is 0 Å². The molecule has 0 atom stereocenters. The summed E-state index contributed by atoms with van der Waals surface area (Å²) in [7, 11) is 0. The zero-order valence-electron chi connectivity index (χ0n) is 10.7. The first-order valence-electron chi connectivity index (χ1n) is 6.26. The van der Waals surface area contributed by atoms with Crippen molar-refractivity contribution in [2.75, 3.05) is 12.3 Å². The molecule has 0 amide bonds. The van der Waals surface area contributed by atoms with Crippen LogP contribution in [0.1, 0.15) is 31.9 Å². The van der Waals surface area contributed by atoms with Crippen molar-refractivity contribution in [3.05, 3.63) is 51.4 Å². The second-order valence-electron chi connectivity index (χ2n) is 4.74. The summed E-state index contributed by atoms with van der Waals surface area (Å²) in [6.45, 7) is 3.25. The maximum absolute atomic E-state index is 12.6. The molecule has 0 spiro atoms. The zero-order valence-corrected chi connectivity index (χ0v) is 11.5. The molecule has 1 aromatic carbocycles. The summed E-state index contributed by atoms with van der Waals surface area (Å²) >= 11 is 1.47. The van der Waals surface area contributed by atoms with Crippen molar-refractivity contribution in [2.45, 2.75) is 20.0 Å². The molecule has 98 valence electrons. The summed E-state index contributed by atoms with van der Waals surface area (Å²) in [5.74, 6) is 0.0249. The SMILES string of the molecule is Cc1ccc(C(=O)c2c(N)sc3c2CCOC3)cc1. The fourth-order valence-electron chi connectivity index (χ4n) is 2.35. The highest BCUT2D eigenvalue weighted by Crippen LogP contribution is 2.35. The van der Waals surface area contributed by atoms with Crippen LogP contribution < -0.4 is 5.73 Å². The molecule has 1 aliphatic rings. The third-order valence-electron chi connectivity index (χ3n) is 3.39. The number of carbonyl (C=O) groups is 1. The quantitative estimate of drug-likeness (QED) is 0.856. The van der Waals surface area contributed by atoms with Crippen molar-refractivity contribution in [3.63, 3.8) is 0 Å². The van der Waals surface area contributed by atoms with Crippen molar-refractivity contribution in [2.24, 2.45) is 0 Å². The number of hydrogen-bond donors (Lipinski definition) is 1. The monoisotopic (exact) mass is 273 g/mol. The van der Waals surface area contributed by atoms with Crippen molar-refractivity contribution >= 4 is 22.1 Å². The van der Waals surface area contributed by atoms with Gasteiger partial charge in [-0.15, -0.1) is 11.3 Å². The molecule has 0 aliphatic carbocycles. The van der Waals surface area contributed by atoms with E-state index in [9.17, 15) is 4.79 Å². The summed E-state index contributed by atoms with van der Waals surface area (Å²) in [5.41, 5.74) is 9.64. The molecule has 1 aliphatic heterocycles. The average molecular weight is 273 g/mol. The number of hydrogen-bond acceptors (Lipinski definition) is 4. The molecule has 0 saturated heterocycles. The number of aryl methyl sites for hydroxylation is 1. The maximum atomic E-state index is 12.6. The van der Waals surface area contributed by atoms with E-state index in [2.05, 4.69) is 0 Å². The zero-order chi connectivity index (χ0) is 13.4. The molecule has 4 heteroatoms. The van der Waals surface area contributed by atoms with Gasteiger partial charge < -0.3 is 10.5 Å². The molecule has 2 N–H and O–H groups in total. The lowest BCUT2D eigenvalue weighted by Crippen LogP contribution is -2.12. The summed E-state index contributed by atoms with van der Waals surface area (Å²) in [5, 5.41) is 0.612. The number of nitrogens with two attached hydrogens (primary N) is 1. The first kappa shape index (κ1) is 12.4. The highest BCUT2D eigenvalue weighted by Gasteiger charge is 2.25. The lowest BCUT2D eigenvalue weighted by molar-refractivity contribution is 0.102. The smallest absolute Gasteiger partial charge is 0.196 e. The van der Waals surface area contributed by atoms with Gasteiger partial charge in [0, 0.05) is 10.4 Å². The summed E-state index contributed by atoms with van der Waals surface area (Å²) < 4.78 is 5.41. The third-order valence-corrected chi connectivity index (χ3v) is 4.42. The molecule has 0 radical (unpaired) electrons. The highest BCUT2D eigenvalue weighted by molar-refractivity contribution is 7.16. The van der Waals surface area contributed by atoms with E-state index in [1.54, 1.807) is 0 Å². The Morgan fingerprint density at radius 1 is 1.32 bits per heavy atom. The maximum Gasteiger partial charge on any atom is 0.196 e. The molecule has 2 heterocycles. The Labute approximate surface area is 116 Å². The minimum absolute atomic E-state index is 0.0249. The van der Waals surface area contributed by atoms with Crippen LogP contribution >= 0.6 is 11.3 Å². The largest absolute Gasteiger partial charge is 0.390 e. The lowest BCUT2D eigenvalue weighted by atomic mass is 9.97. The second kappa shape index (κ2) is 4.79. The molecule has 0 fully saturated rings. The Hall–Kier alpha value is -1.65. The van der Waals surface area contributed by atoms with Gasteiger partial charge in [-0.05, 0) is 18.9 Å². The molecular weight excluding hydrogens is 258 g/mol. The number of carbonyl (C=O) groups excluding carboxylic acids is 1. The first-order valence-corrected chi connectivity index (χ1v) is 7.07.